The molecule has 1 aliphatic rings. The predicted octanol–water partition coefficient (Wildman–Crippen LogP) is 1.54. The van der Waals surface area contributed by atoms with Gasteiger partial charge in [0.2, 0.25) is 0 Å². The predicted molar refractivity (Wildman–Crippen MR) is 82.6 cm³/mol. The molecule has 3 N–H and O–H groups in total. The summed E-state index contributed by atoms with van der Waals surface area (Å²) in [5, 5.41) is 13.7. The zero-order valence-corrected chi connectivity index (χ0v) is 11.8. The molecule has 0 aliphatic carbocycles. The molecule has 0 fully saturated rings. The van der Waals surface area contributed by atoms with Gasteiger partial charge in [0.15, 0.2) is 0 Å². The highest BCUT2D eigenvalue weighted by Gasteiger charge is 2.16. The number of nitrogens with one attached hydrogen (secondary N) is 3. The number of aryl methyl sites for hydroxylation is 1. The Morgan fingerprint density at radius 3 is 3.05 bits per heavy atom. The number of amides is 1. The molecule has 21 heavy (non-hydrogen) atoms. The molecule has 0 bridgehead atoms. The minimum atomic E-state index is -0.0384. The molecule has 0 saturated heterocycles. The van der Waals surface area contributed by atoms with Gasteiger partial charge < -0.3 is 16.0 Å². The van der Waals surface area contributed by atoms with Crippen LogP contribution in [0.15, 0.2) is 36.7 Å². The van der Waals surface area contributed by atoms with E-state index in [-0.39, 0.29) is 5.91 Å². The van der Waals surface area contributed by atoms with E-state index in [9.17, 15) is 4.79 Å². The number of anilines is 2. The molecule has 0 spiro atoms. The normalized spacial score (nSPS) is 13.0. The van der Waals surface area contributed by atoms with E-state index < -0.39 is 0 Å². The molecule has 1 aromatic heterocycles. The van der Waals surface area contributed by atoms with Gasteiger partial charge in [-0.3, -0.25) is 9.48 Å². The second-order valence-electron chi connectivity index (χ2n) is 4.96. The van der Waals surface area contributed by atoms with Crippen molar-refractivity contribution in [1.29, 1.82) is 0 Å². The first-order chi connectivity index (χ1) is 10.3. The third-order valence-corrected chi connectivity index (χ3v) is 3.46. The average Bonchev–Trinajstić information content (AvgIpc) is 3.04. The monoisotopic (exact) mass is 285 g/mol. The Bertz CT molecular complexity index is 609. The Labute approximate surface area is 123 Å². The Hall–Kier alpha value is -2.50. The Balaban J connectivity index is 1.56. The number of rotatable bonds is 5. The highest BCUT2D eigenvalue weighted by Crippen LogP contribution is 2.28. The van der Waals surface area contributed by atoms with E-state index >= 15 is 0 Å². The van der Waals surface area contributed by atoms with E-state index in [1.165, 1.54) is 0 Å². The molecule has 0 unspecified atom stereocenters. The van der Waals surface area contributed by atoms with E-state index in [4.69, 9.17) is 0 Å². The quantitative estimate of drug-likeness (QED) is 0.729. The molecule has 0 saturated carbocycles. The molecular weight excluding hydrogens is 266 g/mol. The molecule has 0 radical (unpaired) electrons. The summed E-state index contributed by atoms with van der Waals surface area (Å²) in [4.78, 5) is 12.3. The van der Waals surface area contributed by atoms with Crippen LogP contribution in [0.4, 0.5) is 11.4 Å². The van der Waals surface area contributed by atoms with E-state index in [0.717, 1.165) is 37.4 Å². The van der Waals surface area contributed by atoms with Crippen LogP contribution in [0.5, 0.6) is 0 Å². The first kappa shape index (κ1) is 13.5. The molecule has 110 valence electrons. The number of aromatic nitrogens is 2. The summed E-state index contributed by atoms with van der Waals surface area (Å²) in [5.74, 6) is -0.0384. The third kappa shape index (κ3) is 3.16. The number of hydrogen-bond donors (Lipinski definition) is 3. The largest absolute Gasteiger partial charge is 0.382 e. The van der Waals surface area contributed by atoms with Gasteiger partial charge in [0.05, 0.1) is 16.9 Å². The van der Waals surface area contributed by atoms with E-state index in [1.807, 2.05) is 35.1 Å². The van der Waals surface area contributed by atoms with Crippen LogP contribution in [-0.2, 0) is 6.54 Å². The topological polar surface area (TPSA) is 71.0 Å². The summed E-state index contributed by atoms with van der Waals surface area (Å²) in [5.41, 5.74) is 2.58. The molecule has 2 aromatic rings. The first-order valence-corrected chi connectivity index (χ1v) is 7.21. The second-order valence-corrected chi connectivity index (χ2v) is 4.96. The standard InChI is InChI=1S/C15H19N5O/c21-15(18-6-2-10-20-11-3-7-19-20)12-4-1-5-13-14(12)17-9-8-16-13/h1,3-5,7,11,16-17H,2,6,8-10H2,(H,18,21). The van der Waals surface area contributed by atoms with Gasteiger partial charge in [0, 0.05) is 38.6 Å². The van der Waals surface area contributed by atoms with E-state index in [1.54, 1.807) is 6.20 Å². The van der Waals surface area contributed by atoms with Gasteiger partial charge in [-0.2, -0.15) is 5.10 Å². The minimum Gasteiger partial charge on any atom is -0.382 e. The summed E-state index contributed by atoms with van der Waals surface area (Å²) in [6.45, 7) is 3.15. The zero-order chi connectivity index (χ0) is 14.5. The summed E-state index contributed by atoms with van der Waals surface area (Å²) >= 11 is 0. The molecule has 1 amide bonds. The Kier molecular flexibility index (Phi) is 4.04. The van der Waals surface area contributed by atoms with Crippen molar-refractivity contribution in [3.63, 3.8) is 0 Å². The number of hydrogen-bond acceptors (Lipinski definition) is 4. The Morgan fingerprint density at radius 2 is 2.19 bits per heavy atom. The van der Waals surface area contributed by atoms with Gasteiger partial charge in [0.1, 0.15) is 0 Å². The third-order valence-electron chi connectivity index (χ3n) is 3.46. The van der Waals surface area contributed by atoms with Crippen LogP contribution < -0.4 is 16.0 Å². The van der Waals surface area contributed by atoms with Crippen molar-refractivity contribution >= 4 is 17.3 Å². The van der Waals surface area contributed by atoms with Crippen molar-refractivity contribution < 1.29 is 4.79 Å². The fourth-order valence-corrected chi connectivity index (χ4v) is 2.43. The smallest absolute Gasteiger partial charge is 0.253 e. The average molecular weight is 285 g/mol. The van der Waals surface area contributed by atoms with E-state index in [2.05, 4.69) is 21.0 Å². The van der Waals surface area contributed by atoms with Crippen LogP contribution in [0.2, 0.25) is 0 Å². The maximum atomic E-state index is 12.3. The van der Waals surface area contributed by atoms with Crippen LogP contribution in [0, 0.1) is 0 Å². The minimum absolute atomic E-state index is 0.0384. The van der Waals surface area contributed by atoms with Gasteiger partial charge in [-0.1, -0.05) is 6.07 Å². The zero-order valence-electron chi connectivity index (χ0n) is 11.8. The molecule has 1 aromatic carbocycles. The lowest BCUT2D eigenvalue weighted by Crippen LogP contribution is -2.28. The van der Waals surface area contributed by atoms with Crippen molar-refractivity contribution in [2.24, 2.45) is 0 Å². The number of para-hydroxylation sites is 1. The maximum absolute atomic E-state index is 12.3. The van der Waals surface area contributed by atoms with Crippen LogP contribution in [-0.4, -0.2) is 35.3 Å². The van der Waals surface area contributed by atoms with Gasteiger partial charge in [-0.15, -0.1) is 0 Å². The Morgan fingerprint density at radius 1 is 1.29 bits per heavy atom. The number of carbonyl (C=O) groups excluding carboxylic acids is 1. The maximum Gasteiger partial charge on any atom is 0.253 e. The highest BCUT2D eigenvalue weighted by molar-refractivity contribution is 6.02. The highest BCUT2D eigenvalue weighted by atomic mass is 16.1. The van der Waals surface area contributed by atoms with Crippen molar-refractivity contribution in [1.82, 2.24) is 15.1 Å². The molecule has 6 heteroatoms. The fourth-order valence-electron chi connectivity index (χ4n) is 2.43. The molecule has 1 aliphatic heterocycles. The summed E-state index contributed by atoms with van der Waals surface area (Å²) in [7, 11) is 0. The number of benzene rings is 1. The molecular formula is C15H19N5O. The van der Waals surface area contributed by atoms with Crippen molar-refractivity contribution in [2.45, 2.75) is 13.0 Å². The second kappa shape index (κ2) is 6.30. The molecule has 0 atom stereocenters. The van der Waals surface area contributed by atoms with Crippen molar-refractivity contribution in [3.05, 3.63) is 42.2 Å². The van der Waals surface area contributed by atoms with E-state index in [0.29, 0.717) is 12.1 Å². The van der Waals surface area contributed by atoms with Gasteiger partial charge in [-0.05, 0) is 24.6 Å². The van der Waals surface area contributed by atoms with Crippen LogP contribution in [0.25, 0.3) is 0 Å². The summed E-state index contributed by atoms with van der Waals surface area (Å²) in [6, 6.07) is 7.63. The lowest BCUT2D eigenvalue weighted by molar-refractivity contribution is 0.0953. The number of fused-ring (bicyclic) bond motifs is 1. The van der Waals surface area contributed by atoms with Gasteiger partial charge >= 0.3 is 0 Å². The number of nitrogens with zero attached hydrogens (tertiary/aromatic N) is 2. The molecule has 3 rings (SSSR count). The lowest BCUT2D eigenvalue weighted by atomic mass is 10.1. The van der Waals surface area contributed by atoms with Crippen LogP contribution in [0.3, 0.4) is 0 Å². The molecule has 6 nitrogen and oxygen atoms in total. The fraction of sp³-hybridized carbons (Fsp3) is 0.333. The van der Waals surface area contributed by atoms with Crippen molar-refractivity contribution in [2.75, 3.05) is 30.3 Å². The lowest BCUT2D eigenvalue weighted by Gasteiger charge is -2.22. The molecule has 2 heterocycles. The van der Waals surface area contributed by atoms with Gasteiger partial charge in [-0.25, -0.2) is 0 Å². The first-order valence-electron chi connectivity index (χ1n) is 7.21. The SMILES string of the molecule is O=C(NCCCn1cccn1)c1cccc2c1NCCN2. The number of carbonyl (C=O) groups is 1. The van der Waals surface area contributed by atoms with Crippen LogP contribution in [0.1, 0.15) is 16.8 Å². The van der Waals surface area contributed by atoms with Crippen LogP contribution >= 0.6 is 0 Å². The van der Waals surface area contributed by atoms with Crippen molar-refractivity contribution in [3.8, 4) is 0 Å². The van der Waals surface area contributed by atoms with Gasteiger partial charge in [0.25, 0.3) is 5.91 Å². The summed E-state index contributed by atoms with van der Waals surface area (Å²) in [6.07, 6.45) is 4.53. The summed E-state index contributed by atoms with van der Waals surface area (Å²) < 4.78 is 1.86.